The molecular formula is C12H13FN4. The standard InChI is InChI=1S/C12H13FN4/c1-8-7-17(12(14)15)16-11(8)6-9-4-2-3-5-10(9)13/h2-5,7H,6H2,1H3,(H3,14,15). The van der Waals surface area contributed by atoms with Crippen molar-refractivity contribution in [1.82, 2.24) is 9.78 Å². The summed E-state index contributed by atoms with van der Waals surface area (Å²) in [5, 5.41) is 11.4. The fourth-order valence-electron chi connectivity index (χ4n) is 1.62. The zero-order chi connectivity index (χ0) is 12.4. The summed E-state index contributed by atoms with van der Waals surface area (Å²) in [7, 11) is 0. The summed E-state index contributed by atoms with van der Waals surface area (Å²) in [5.41, 5.74) is 7.54. The van der Waals surface area contributed by atoms with Crippen LogP contribution in [0.4, 0.5) is 4.39 Å². The molecule has 5 heteroatoms. The summed E-state index contributed by atoms with van der Waals surface area (Å²) in [6, 6.07) is 6.59. The predicted octanol–water partition coefficient (Wildman–Crippen LogP) is 1.66. The Kier molecular flexibility index (Phi) is 2.91. The average Bonchev–Trinajstić information content (AvgIpc) is 2.64. The lowest BCUT2D eigenvalue weighted by atomic mass is 10.1. The van der Waals surface area contributed by atoms with E-state index in [2.05, 4.69) is 5.10 Å². The summed E-state index contributed by atoms with van der Waals surface area (Å²) in [5.74, 6) is -0.392. The number of nitrogens with zero attached hydrogens (tertiary/aromatic N) is 2. The van der Waals surface area contributed by atoms with Gasteiger partial charge in [-0.1, -0.05) is 18.2 Å². The Hall–Kier alpha value is -2.17. The van der Waals surface area contributed by atoms with Crippen molar-refractivity contribution >= 4 is 5.96 Å². The second-order valence-corrected chi connectivity index (χ2v) is 3.86. The lowest BCUT2D eigenvalue weighted by Gasteiger charge is -2.01. The molecule has 1 heterocycles. The van der Waals surface area contributed by atoms with Gasteiger partial charge < -0.3 is 5.73 Å². The molecule has 88 valence electrons. The highest BCUT2D eigenvalue weighted by atomic mass is 19.1. The Morgan fingerprint density at radius 3 is 2.76 bits per heavy atom. The molecule has 2 aromatic rings. The first-order chi connectivity index (χ1) is 8.08. The van der Waals surface area contributed by atoms with Crippen molar-refractivity contribution in [2.45, 2.75) is 13.3 Å². The van der Waals surface area contributed by atoms with Crippen LogP contribution in [0.1, 0.15) is 16.8 Å². The van der Waals surface area contributed by atoms with E-state index in [1.165, 1.54) is 10.7 Å². The van der Waals surface area contributed by atoms with E-state index in [-0.39, 0.29) is 11.8 Å². The van der Waals surface area contributed by atoms with Gasteiger partial charge >= 0.3 is 0 Å². The van der Waals surface area contributed by atoms with E-state index in [0.717, 1.165) is 11.3 Å². The molecule has 0 bridgehead atoms. The molecule has 0 unspecified atom stereocenters. The van der Waals surface area contributed by atoms with Crippen molar-refractivity contribution in [1.29, 1.82) is 5.41 Å². The molecule has 17 heavy (non-hydrogen) atoms. The first kappa shape index (κ1) is 11.3. The first-order valence-electron chi connectivity index (χ1n) is 5.21. The van der Waals surface area contributed by atoms with E-state index < -0.39 is 0 Å². The van der Waals surface area contributed by atoms with Crippen molar-refractivity contribution in [3.8, 4) is 0 Å². The van der Waals surface area contributed by atoms with Crippen molar-refractivity contribution in [3.63, 3.8) is 0 Å². The molecule has 1 aromatic carbocycles. The van der Waals surface area contributed by atoms with Crippen LogP contribution in [0.15, 0.2) is 30.5 Å². The minimum atomic E-state index is -0.246. The van der Waals surface area contributed by atoms with Crippen molar-refractivity contribution in [2.75, 3.05) is 0 Å². The Bertz CT molecular complexity index is 559. The monoisotopic (exact) mass is 232 g/mol. The molecular weight excluding hydrogens is 219 g/mol. The minimum absolute atomic E-state index is 0.145. The number of hydrogen-bond acceptors (Lipinski definition) is 2. The van der Waals surface area contributed by atoms with Gasteiger partial charge in [-0.15, -0.1) is 0 Å². The van der Waals surface area contributed by atoms with Crippen LogP contribution < -0.4 is 5.73 Å². The molecule has 0 radical (unpaired) electrons. The summed E-state index contributed by atoms with van der Waals surface area (Å²) in [6.45, 7) is 1.86. The molecule has 2 rings (SSSR count). The summed E-state index contributed by atoms with van der Waals surface area (Å²) < 4.78 is 14.8. The number of benzene rings is 1. The number of hydrogen-bond donors (Lipinski definition) is 2. The van der Waals surface area contributed by atoms with Gasteiger partial charge in [0.05, 0.1) is 5.69 Å². The first-order valence-corrected chi connectivity index (χ1v) is 5.21. The number of rotatable bonds is 2. The van der Waals surface area contributed by atoms with E-state index in [9.17, 15) is 4.39 Å². The Balaban J connectivity index is 2.30. The largest absolute Gasteiger partial charge is 0.368 e. The number of halogens is 1. The van der Waals surface area contributed by atoms with Gasteiger partial charge in [-0.2, -0.15) is 5.10 Å². The molecule has 0 saturated carbocycles. The maximum atomic E-state index is 13.5. The van der Waals surface area contributed by atoms with Gasteiger partial charge in [0.2, 0.25) is 5.96 Å². The van der Waals surface area contributed by atoms with Crippen LogP contribution >= 0.6 is 0 Å². The second kappa shape index (κ2) is 4.37. The molecule has 0 amide bonds. The average molecular weight is 232 g/mol. The van der Waals surface area contributed by atoms with Crippen LogP contribution in [0.2, 0.25) is 0 Å². The molecule has 0 aliphatic carbocycles. The zero-order valence-corrected chi connectivity index (χ0v) is 9.44. The molecule has 0 aliphatic rings. The van der Waals surface area contributed by atoms with Crippen LogP contribution in [-0.4, -0.2) is 15.7 Å². The van der Waals surface area contributed by atoms with Crippen LogP contribution in [0.25, 0.3) is 0 Å². The van der Waals surface area contributed by atoms with E-state index in [1.807, 2.05) is 6.92 Å². The zero-order valence-electron chi connectivity index (χ0n) is 9.44. The van der Waals surface area contributed by atoms with Gasteiger partial charge in [0.15, 0.2) is 0 Å². The molecule has 4 nitrogen and oxygen atoms in total. The van der Waals surface area contributed by atoms with E-state index >= 15 is 0 Å². The van der Waals surface area contributed by atoms with Crippen LogP contribution in [0.3, 0.4) is 0 Å². The van der Waals surface area contributed by atoms with Gasteiger partial charge in [0.1, 0.15) is 5.82 Å². The highest BCUT2D eigenvalue weighted by Gasteiger charge is 2.09. The molecule has 0 aliphatic heterocycles. The fourth-order valence-corrected chi connectivity index (χ4v) is 1.62. The third-order valence-corrected chi connectivity index (χ3v) is 2.56. The quantitative estimate of drug-likeness (QED) is 0.610. The van der Waals surface area contributed by atoms with Gasteiger partial charge in [-0.3, -0.25) is 5.41 Å². The fraction of sp³-hybridized carbons (Fsp3) is 0.167. The normalized spacial score (nSPS) is 10.5. The minimum Gasteiger partial charge on any atom is -0.368 e. The molecule has 0 saturated heterocycles. The number of aryl methyl sites for hydroxylation is 1. The van der Waals surface area contributed by atoms with Gasteiger partial charge in [0.25, 0.3) is 0 Å². The number of nitrogen functional groups attached to an aromatic ring is 1. The maximum Gasteiger partial charge on any atom is 0.213 e. The Morgan fingerprint density at radius 1 is 1.47 bits per heavy atom. The molecule has 3 N–H and O–H groups in total. The smallest absolute Gasteiger partial charge is 0.213 e. The molecule has 0 atom stereocenters. The molecule has 0 spiro atoms. The van der Waals surface area contributed by atoms with Gasteiger partial charge in [0, 0.05) is 12.6 Å². The second-order valence-electron chi connectivity index (χ2n) is 3.86. The highest BCUT2D eigenvalue weighted by Crippen LogP contribution is 2.14. The number of nitrogens with two attached hydrogens (primary N) is 1. The maximum absolute atomic E-state index is 13.5. The van der Waals surface area contributed by atoms with Gasteiger partial charge in [-0.25, -0.2) is 9.07 Å². The number of aromatic nitrogens is 2. The number of nitrogens with one attached hydrogen (secondary N) is 1. The van der Waals surface area contributed by atoms with E-state index in [0.29, 0.717) is 12.0 Å². The SMILES string of the molecule is Cc1cn(C(=N)N)nc1Cc1ccccc1F. The summed E-state index contributed by atoms with van der Waals surface area (Å²) >= 11 is 0. The van der Waals surface area contributed by atoms with Crippen LogP contribution in [0.5, 0.6) is 0 Å². The molecule has 0 fully saturated rings. The lowest BCUT2D eigenvalue weighted by Crippen LogP contribution is -2.21. The third-order valence-electron chi connectivity index (χ3n) is 2.56. The lowest BCUT2D eigenvalue weighted by molar-refractivity contribution is 0.612. The predicted molar refractivity (Wildman–Crippen MR) is 63.5 cm³/mol. The van der Waals surface area contributed by atoms with Crippen LogP contribution in [-0.2, 0) is 6.42 Å². The highest BCUT2D eigenvalue weighted by molar-refractivity contribution is 5.76. The van der Waals surface area contributed by atoms with Gasteiger partial charge in [-0.05, 0) is 24.1 Å². The summed E-state index contributed by atoms with van der Waals surface area (Å²) in [6.07, 6.45) is 2.07. The molecule has 1 aromatic heterocycles. The Labute approximate surface area is 98.4 Å². The summed E-state index contributed by atoms with van der Waals surface area (Å²) in [4.78, 5) is 0. The van der Waals surface area contributed by atoms with Crippen molar-refractivity contribution in [2.24, 2.45) is 5.73 Å². The van der Waals surface area contributed by atoms with E-state index in [1.54, 1.807) is 24.4 Å². The Morgan fingerprint density at radius 2 is 2.18 bits per heavy atom. The van der Waals surface area contributed by atoms with Crippen molar-refractivity contribution < 1.29 is 4.39 Å². The van der Waals surface area contributed by atoms with E-state index in [4.69, 9.17) is 11.1 Å². The van der Waals surface area contributed by atoms with Crippen LogP contribution in [0, 0.1) is 18.2 Å². The van der Waals surface area contributed by atoms with Crippen molar-refractivity contribution in [3.05, 3.63) is 53.1 Å². The third kappa shape index (κ3) is 2.33. The topological polar surface area (TPSA) is 67.7 Å².